The molecule has 0 aliphatic carbocycles. The molecule has 75 heavy (non-hydrogen) atoms. The van der Waals surface area contributed by atoms with Crippen LogP contribution in [0.25, 0.3) is 0 Å². The van der Waals surface area contributed by atoms with Crippen LogP contribution in [0.4, 0.5) is 0 Å². The smallest absolute Gasteiger partial charge is 0.329 e. The zero-order chi connectivity index (χ0) is 56.9. The minimum atomic E-state index is -1.72. The fourth-order valence-electron chi connectivity index (χ4n) is 8.90. The lowest BCUT2D eigenvalue weighted by molar-refractivity contribution is -0.156. The molecule has 0 aromatic rings. The molecule has 1 heterocycles. The van der Waals surface area contributed by atoms with E-state index in [1.165, 1.54) is 19.3 Å². The number of carboxylic acids is 2. The molecule has 1 saturated heterocycles. The number of rotatable bonds is 26. The molecule has 9 atom stereocenters. The third-order valence-corrected chi connectivity index (χ3v) is 13.2. The van der Waals surface area contributed by atoms with Gasteiger partial charge in [0.05, 0.1) is 12.8 Å². The maximum Gasteiger partial charge on any atom is 0.329 e. The van der Waals surface area contributed by atoms with Crippen LogP contribution < -0.4 is 37.2 Å². The molecule has 1 fully saturated rings. The molecule has 7 amide bonds. The Hall–Kier alpha value is -5.30. The van der Waals surface area contributed by atoms with Crippen LogP contribution in [0.2, 0.25) is 0 Å². The SMILES string of the molecule is CCC(C)[C@@H]1NC(=O)C(CC(C)C)NC(=O)[C@H](CC(=O)O)NC(=O)C(CC(C)C)NC(=O)C(CC(C)C)NC(=O)C(CC(C)C)NC(=O)C(CCC(=O)O)NC(=O)CC(CCCCCCCCCCC(C)C)OC1=O. The van der Waals surface area contributed by atoms with Crippen LogP contribution >= 0.6 is 0 Å². The summed E-state index contributed by atoms with van der Waals surface area (Å²) < 4.78 is 6.08. The summed E-state index contributed by atoms with van der Waals surface area (Å²) in [6.07, 6.45) is 6.61. The number of hydrogen-bond acceptors (Lipinski definition) is 11. The molecule has 0 aromatic heterocycles. The summed E-state index contributed by atoms with van der Waals surface area (Å²) >= 11 is 0. The topological polar surface area (TPSA) is 305 Å². The highest BCUT2D eigenvalue weighted by Gasteiger charge is 2.37. The molecule has 0 radical (unpaired) electrons. The molecular weight excluding hydrogens is 967 g/mol. The zero-order valence-corrected chi connectivity index (χ0v) is 47.4. The Morgan fingerprint density at radius 1 is 0.467 bits per heavy atom. The number of hydrogen-bond donors (Lipinski definition) is 9. The second-order valence-corrected chi connectivity index (χ2v) is 22.9. The molecular formula is C55H97N7O13. The quantitative estimate of drug-likeness (QED) is 0.0365. The van der Waals surface area contributed by atoms with Crippen LogP contribution in [-0.2, 0) is 52.7 Å². The number of nitrogens with one attached hydrogen (secondary N) is 7. The molecule has 430 valence electrons. The average molecular weight is 1060 g/mol. The minimum Gasteiger partial charge on any atom is -0.481 e. The normalized spacial score (nSPS) is 24.1. The van der Waals surface area contributed by atoms with E-state index in [9.17, 15) is 58.2 Å². The number of carbonyl (C=O) groups is 10. The second kappa shape index (κ2) is 35.9. The number of amides is 7. The van der Waals surface area contributed by atoms with Crippen LogP contribution in [0.3, 0.4) is 0 Å². The van der Waals surface area contributed by atoms with E-state index >= 15 is 0 Å². The van der Waals surface area contributed by atoms with E-state index < -0.39 is 133 Å². The summed E-state index contributed by atoms with van der Waals surface area (Å²) in [6.45, 7) is 22.3. The summed E-state index contributed by atoms with van der Waals surface area (Å²) in [5, 5.41) is 38.1. The van der Waals surface area contributed by atoms with Gasteiger partial charge in [0.25, 0.3) is 0 Å². The van der Waals surface area contributed by atoms with Crippen molar-refractivity contribution in [1.82, 2.24) is 37.2 Å². The first kappa shape index (κ1) is 67.7. The van der Waals surface area contributed by atoms with Crippen LogP contribution in [0.5, 0.6) is 0 Å². The standard InChI is InChI=1S/C55H97N7O13/c1-13-37(12)48-55(74)75-38(23-21-19-17-15-14-16-18-20-22-32(2)3)30-45(63)56-39(24-25-46(64)65)49(68)57-40(26-33(4)5)50(69)58-41(27-34(6)7)51(70)59-42(28-35(8)9)52(71)61-44(31-47(66)67)53(72)60-43(29-36(10)11)54(73)62-48/h32-44,48H,13-31H2,1-12H3,(H,56,63)(H,57,68)(H,58,69)(H,59,70)(H,60,72)(H,61,71)(H,62,73)(H,64,65)(H,66,67)/t37?,38?,39?,40?,41?,42?,43?,44-,48-/m0/s1. The van der Waals surface area contributed by atoms with Gasteiger partial charge in [0.1, 0.15) is 48.4 Å². The molecule has 20 heteroatoms. The summed E-state index contributed by atoms with van der Waals surface area (Å²) in [7, 11) is 0. The van der Waals surface area contributed by atoms with Crippen LogP contribution in [-0.4, -0.2) is 118 Å². The maximum absolute atomic E-state index is 14.3. The van der Waals surface area contributed by atoms with Crippen LogP contribution in [0.15, 0.2) is 0 Å². The molecule has 9 N–H and O–H groups in total. The predicted molar refractivity (Wildman–Crippen MR) is 285 cm³/mol. The van der Waals surface area contributed by atoms with Gasteiger partial charge in [-0.05, 0) is 80.5 Å². The largest absolute Gasteiger partial charge is 0.481 e. The van der Waals surface area contributed by atoms with Gasteiger partial charge in [-0.3, -0.25) is 43.2 Å². The van der Waals surface area contributed by atoms with Crippen molar-refractivity contribution in [1.29, 1.82) is 0 Å². The van der Waals surface area contributed by atoms with E-state index in [0.717, 1.165) is 32.1 Å². The first-order valence-electron chi connectivity index (χ1n) is 27.9. The number of cyclic esters (lactones) is 1. The summed E-state index contributed by atoms with van der Waals surface area (Å²) in [6, 6.07) is -9.63. The van der Waals surface area contributed by atoms with Crippen LogP contribution in [0.1, 0.15) is 205 Å². The Bertz CT molecular complexity index is 1840. The van der Waals surface area contributed by atoms with Gasteiger partial charge in [0.2, 0.25) is 41.4 Å². The number of carboxylic acid groups (broad SMARTS) is 2. The number of carbonyl (C=O) groups excluding carboxylic acids is 8. The summed E-state index contributed by atoms with van der Waals surface area (Å²) in [5.41, 5.74) is 0. The van der Waals surface area contributed by atoms with Gasteiger partial charge in [-0.2, -0.15) is 0 Å². The van der Waals surface area contributed by atoms with Crippen LogP contribution in [0, 0.1) is 35.5 Å². The Morgan fingerprint density at radius 3 is 1.23 bits per heavy atom. The number of aliphatic carboxylic acids is 2. The lowest BCUT2D eigenvalue weighted by atomic mass is 9.97. The van der Waals surface area contributed by atoms with Crippen molar-refractivity contribution in [2.75, 3.05) is 0 Å². The fraction of sp³-hybridized carbons (Fsp3) is 0.818. The molecule has 7 unspecified atom stereocenters. The van der Waals surface area contributed by atoms with Gasteiger partial charge in [0, 0.05) is 6.42 Å². The van der Waals surface area contributed by atoms with Gasteiger partial charge in [-0.1, -0.05) is 141 Å². The van der Waals surface area contributed by atoms with Crippen molar-refractivity contribution in [2.24, 2.45) is 35.5 Å². The Kier molecular flexibility index (Phi) is 32.4. The average Bonchev–Trinajstić information content (AvgIpc) is 3.29. The summed E-state index contributed by atoms with van der Waals surface area (Å²) in [5.74, 6) is -10.0. The molecule has 0 bridgehead atoms. The third-order valence-electron chi connectivity index (χ3n) is 13.2. The van der Waals surface area contributed by atoms with Gasteiger partial charge < -0.3 is 52.2 Å². The van der Waals surface area contributed by atoms with E-state index in [0.29, 0.717) is 18.8 Å². The van der Waals surface area contributed by atoms with E-state index in [1.54, 1.807) is 55.4 Å². The highest BCUT2D eigenvalue weighted by molar-refractivity contribution is 5.98. The lowest BCUT2D eigenvalue weighted by Gasteiger charge is -2.29. The number of unbranched alkanes of at least 4 members (excludes halogenated alkanes) is 7. The fourth-order valence-corrected chi connectivity index (χ4v) is 8.90. The third kappa shape index (κ3) is 29.0. The van der Waals surface area contributed by atoms with Crippen molar-refractivity contribution >= 4 is 59.3 Å². The van der Waals surface area contributed by atoms with Crippen molar-refractivity contribution in [2.45, 2.75) is 253 Å². The van der Waals surface area contributed by atoms with E-state index in [-0.39, 0.29) is 62.2 Å². The van der Waals surface area contributed by atoms with Gasteiger partial charge in [0.15, 0.2) is 0 Å². The highest BCUT2D eigenvalue weighted by atomic mass is 16.5. The molecule has 1 rings (SSSR count). The monoisotopic (exact) mass is 1060 g/mol. The Balaban J connectivity index is 3.96. The molecule has 1 aliphatic heterocycles. The first-order valence-corrected chi connectivity index (χ1v) is 27.9. The molecule has 1 aliphatic rings. The van der Waals surface area contributed by atoms with Gasteiger partial charge >= 0.3 is 17.9 Å². The Labute approximate surface area is 447 Å². The summed E-state index contributed by atoms with van der Waals surface area (Å²) in [4.78, 5) is 137. The van der Waals surface area contributed by atoms with Crippen molar-refractivity contribution in [3.8, 4) is 0 Å². The molecule has 0 aromatic carbocycles. The maximum atomic E-state index is 14.3. The molecule has 20 nitrogen and oxygen atoms in total. The second-order valence-electron chi connectivity index (χ2n) is 22.9. The van der Waals surface area contributed by atoms with Gasteiger partial charge in [-0.15, -0.1) is 0 Å². The first-order chi connectivity index (χ1) is 35.1. The van der Waals surface area contributed by atoms with E-state index in [1.807, 2.05) is 13.8 Å². The van der Waals surface area contributed by atoms with Crippen molar-refractivity contribution < 1.29 is 62.9 Å². The predicted octanol–water partition coefficient (Wildman–Crippen LogP) is 5.82. The number of esters is 1. The lowest BCUT2D eigenvalue weighted by Crippen LogP contribution is -2.60. The van der Waals surface area contributed by atoms with Crippen molar-refractivity contribution in [3.63, 3.8) is 0 Å². The van der Waals surface area contributed by atoms with E-state index in [4.69, 9.17) is 4.74 Å². The highest BCUT2D eigenvalue weighted by Crippen LogP contribution is 2.20. The van der Waals surface area contributed by atoms with E-state index in [2.05, 4.69) is 51.1 Å². The van der Waals surface area contributed by atoms with Gasteiger partial charge in [-0.25, -0.2) is 4.79 Å². The van der Waals surface area contributed by atoms with Crippen molar-refractivity contribution in [3.05, 3.63) is 0 Å². The Morgan fingerprint density at radius 2 is 0.840 bits per heavy atom. The number of ether oxygens (including phenoxy) is 1. The molecule has 0 spiro atoms. The molecule has 0 saturated carbocycles. The minimum absolute atomic E-state index is 0.0297. The zero-order valence-electron chi connectivity index (χ0n) is 47.4.